The Morgan fingerprint density at radius 1 is 1.31 bits per heavy atom. The van der Waals surface area contributed by atoms with Gasteiger partial charge in [-0.25, -0.2) is 4.98 Å². The van der Waals surface area contributed by atoms with Crippen LogP contribution in [0.25, 0.3) is 11.0 Å². The molecule has 0 aromatic carbocycles. The van der Waals surface area contributed by atoms with E-state index in [-0.39, 0.29) is 23.3 Å². The Balaban J connectivity index is 2.82. The third-order valence-electron chi connectivity index (χ3n) is 4.22. The lowest BCUT2D eigenvalue weighted by Crippen LogP contribution is -2.32. The summed E-state index contributed by atoms with van der Waals surface area (Å²) in [5.41, 5.74) is 0.0419. The fourth-order valence-electron chi connectivity index (χ4n) is 2.62. The van der Waals surface area contributed by atoms with Crippen molar-refractivity contribution in [1.29, 1.82) is 0 Å². The fraction of sp³-hybridized carbons (Fsp3) is 0.350. The molecule has 0 unspecified atom stereocenters. The van der Waals surface area contributed by atoms with E-state index in [9.17, 15) is 19.1 Å². The predicted octanol–water partition coefficient (Wildman–Crippen LogP) is 1.43. The Morgan fingerprint density at radius 3 is 2.52 bits per heavy atom. The van der Waals surface area contributed by atoms with Gasteiger partial charge >= 0.3 is 0 Å². The van der Waals surface area contributed by atoms with E-state index in [0.29, 0.717) is 11.3 Å². The van der Waals surface area contributed by atoms with Crippen molar-refractivity contribution in [2.45, 2.75) is 33.4 Å². The third-order valence-corrected chi connectivity index (χ3v) is 4.22. The number of hydrogen-bond acceptors (Lipinski definition) is 6. The van der Waals surface area contributed by atoms with Crippen LogP contribution in [-0.2, 0) is 13.6 Å². The van der Waals surface area contributed by atoms with Crippen LogP contribution in [0.3, 0.4) is 0 Å². The number of anilines is 1. The minimum absolute atomic E-state index is 0.0121. The van der Waals surface area contributed by atoms with Gasteiger partial charge in [0.05, 0.1) is 24.9 Å². The zero-order valence-electron chi connectivity index (χ0n) is 16.9. The monoisotopic (exact) mass is 404 g/mol. The lowest BCUT2D eigenvalue weighted by molar-refractivity contribution is 0.0802. The third kappa shape index (κ3) is 4.69. The molecule has 0 saturated heterocycles. The number of aromatic nitrogens is 3. The van der Waals surface area contributed by atoms with E-state index in [1.54, 1.807) is 19.1 Å². The van der Waals surface area contributed by atoms with Crippen LogP contribution in [0.4, 0.5) is 10.1 Å². The molecule has 0 radical (unpaired) electrons. The van der Waals surface area contributed by atoms with Crippen LogP contribution in [-0.4, -0.2) is 37.0 Å². The molecule has 29 heavy (non-hydrogen) atoms. The Bertz CT molecular complexity index is 1120. The predicted molar refractivity (Wildman–Crippen MR) is 110 cm³/mol. The smallest absolute Gasteiger partial charge is 0.290 e. The van der Waals surface area contributed by atoms with Gasteiger partial charge in [0.1, 0.15) is 11.7 Å². The summed E-state index contributed by atoms with van der Waals surface area (Å²) in [4.78, 5) is 29.4. The number of pyridine rings is 1. The van der Waals surface area contributed by atoms with Crippen LogP contribution in [0.5, 0.6) is 0 Å². The SMILES string of the molecule is C=C(C)/C(=C\C=C(C)C)Nc1c(F)c(=O)n(C)c2ncn(C[C@@H](O)CO)c(=O)c12. The second-order valence-electron chi connectivity index (χ2n) is 7.02. The molecular formula is C20H25FN4O4. The van der Waals surface area contributed by atoms with Crippen LogP contribution < -0.4 is 16.4 Å². The molecule has 2 aromatic rings. The molecule has 2 heterocycles. The van der Waals surface area contributed by atoms with E-state index in [4.69, 9.17) is 5.11 Å². The average molecular weight is 404 g/mol. The number of hydrogen-bond donors (Lipinski definition) is 3. The highest BCUT2D eigenvalue weighted by atomic mass is 19.1. The number of rotatable bonds is 7. The van der Waals surface area contributed by atoms with Gasteiger partial charge in [0.25, 0.3) is 11.1 Å². The van der Waals surface area contributed by atoms with Gasteiger partial charge < -0.3 is 15.5 Å². The van der Waals surface area contributed by atoms with Gasteiger partial charge in [0, 0.05) is 12.7 Å². The summed E-state index contributed by atoms with van der Waals surface area (Å²) >= 11 is 0. The Kier molecular flexibility index (Phi) is 6.89. The van der Waals surface area contributed by atoms with E-state index in [0.717, 1.165) is 21.0 Å². The molecule has 0 spiro atoms. The number of aliphatic hydroxyl groups is 2. The molecule has 9 heteroatoms. The largest absolute Gasteiger partial charge is 0.394 e. The molecule has 2 aromatic heterocycles. The first-order valence-corrected chi connectivity index (χ1v) is 8.93. The zero-order valence-corrected chi connectivity index (χ0v) is 16.9. The van der Waals surface area contributed by atoms with Crippen molar-refractivity contribution >= 4 is 16.7 Å². The number of halogens is 1. The number of aryl methyl sites for hydroxylation is 1. The fourth-order valence-corrected chi connectivity index (χ4v) is 2.62. The maximum atomic E-state index is 14.9. The summed E-state index contributed by atoms with van der Waals surface area (Å²) in [6, 6.07) is 0. The molecule has 0 bridgehead atoms. The topological polar surface area (TPSA) is 109 Å². The Labute approximate surface area is 166 Å². The Morgan fingerprint density at radius 2 is 1.97 bits per heavy atom. The molecule has 156 valence electrons. The average Bonchev–Trinajstić information content (AvgIpc) is 2.66. The number of allylic oxidation sites excluding steroid dienone is 4. The lowest BCUT2D eigenvalue weighted by atomic mass is 10.1. The summed E-state index contributed by atoms with van der Waals surface area (Å²) in [7, 11) is 1.32. The molecule has 0 amide bonds. The number of nitrogens with one attached hydrogen (secondary N) is 1. The maximum absolute atomic E-state index is 14.9. The lowest BCUT2D eigenvalue weighted by Gasteiger charge is -2.16. The van der Waals surface area contributed by atoms with Gasteiger partial charge in [0.15, 0.2) is 5.65 Å². The van der Waals surface area contributed by atoms with Crippen LogP contribution >= 0.6 is 0 Å². The van der Waals surface area contributed by atoms with Crippen LogP contribution in [0.2, 0.25) is 0 Å². The summed E-state index contributed by atoms with van der Waals surface area (Å²) < 4.78 is 16.9. The molecule has 0 saturated carbocycles. The van der Waals surface area contributed by atoms with Gasteiger partial charge in [-0.2, -0.15) is 4.39 Å². The van der Waals surface area contributed by atoms with E-state index in [2.05, 4.69) is 16.9 Å². The number of nitrogens with zero attached hydrogens (tertiary/aromatic N) is 3. The van der Waals surface area contributed by atoms with E-state index < -0.39 is 29.6 Å². The van der Waals surface area contributed by atoms with Crippen molar-refractivity contribution < 1.29 is 14.6 Å². The maximum Gasteiger partial charge on any atom is 0.290 e. The first-order valence-electron chi connectivity index (χ1n) is 8.93. The number of aliphatic hydroxyl groups excluding tert-OH is 2. The molecule has 0 aliphatic heterocycles. The van der Waals surface area contributed by atoms with Crippen molar-refractivity contribution in [3.63, 3.8) is 0 Å². The van der Waals surface area contributed by atoms with Crippen molar-refractivity contribution in [1.82, 2.24) is 14.1 Å². The Hall–Kier alpha value is -3.04. The van der Waals surface area contributed by atoms with Gasteiger partial charge in [0.2, 0.25) is 5.82 Å². The second-order valence-corrected chi connectivity index (χ2v) is 7.02. The van der Waals surface area contributed by atoms with Gasteiger partial charge in [-0.15, -0.1) is 0 Å². The van der Waals surface area contributed by atoms with Gasteiger partial charge in [-0.3, -0.25) is 18.7 Å². The molecule has 1 atom stereocenters. The summed E-state index contributed by atoms with van der Waals surface area (Å²) in [5, 5.41) is 21.4. The molecule has 8 nitrogen and oxygen atoms in total. The molecule has 0 fully saturated rings. The first-order chi connectivity index (χ1) is 13.6. The standard InChI is InChI=1S/C20H25FN4O4/c1-11(2)6-7-14(12(3)4)23-17-15-18(24(5)20(29)16(17)21)22-10-25(19(15)28)8-13(27)9-26/h6-7,10,13,23,26-27H,3,8-9H2,1-2,4-5H3/b14-7+/t13-/m1/s1. The molecule has 0 aliphatic rings. The van der Waals surface area contributed by atoms with Gasteiger partial charge in [-0.1, -0.05) is 18.2 Å². The van der Waals surface area contributed by atoms with Crippen molar-refractivity contribution in [3.8, 4) is 0 Å². The highest BCUT2D eigenvalue weighted by Crippen LogP contribution is 2.23. The van der Waals surface area contributed by atoms with E-state index >= 15 is 0 Å². The minimum atomic E-state index is -1.19. The van der Waals surface area contributed by atoms with Crippen molar-refractivity contribution in [2.75, 3.05) is 11.9 Å². The van der Waals surface area contributed by atoms with E-state index in [1.807, 2.05) is 13.8 Å². The minimum Gasteiger partial charge on any atom is -0.394 e. The summed E-state index contributed by atoms with van der Waals surface area (Å²) in [6.07, 6.45) is 3.41. The highest BCUT2D eigenvalue weighted by molar-refractivity contribution is 5.89. The summed E-state index contributed by atoms with van der Waals surface area (Å²) in [5.74, 6) is -1.14. The quantitative estimate of drug-likeness (QED) is 0.603. The zero-order chi connectivity index (χ0) is 21.9. The molecule has 2 rings (SSSR count). The molecular weight excluding hydrogens is 379 g/mol. The number of fused-ring (bicyclic) bond motifs is 1. The van der Waals surface area contributed by atoms with Gasteiger partial charge in [-0.05, 0) is 32.4 Å². The summed E-state index contributed by atoms with van der Waals surface area (Å²) in [6.45, 7) is 8.53. The van der Waals surface area contributed by atoms with Crippen molar-refractivity contribution in [3.05, 3.63) is 68.4 Å². The van der Waals surface area contributed by atoms with Crippen LogP contribution in [0.1, 0.15) is 20.8 Å². The highest BCUT2D eigenvalue weighted by Gasteiger charge is 2.21. The van der Waals surface area contributed by atoms with E-state index in [1.165, 1.54) is 7.05 Å². The first kappa shape index (κ1) is 22.3. The van der Waals surface area contributed by atoms with Crippen LogP contribution in [0, 0.1) is 5.82 Å². The molecule has 3 N–H and O–H groups in total. The molecule has 0 aliphatic carbocycles. The van der Waals surface area contributed by atoms with Crippen LogP contribution in [0.15, 0.2) is 51.5 Å². The van der Waals surface area contributed by atoms with Crippen molar-refractivity contribution in [2.24, 2.45) is 7.05 Å². The normalized spacial score (nSPS) is 12.7. The second kappa shape index (κ2) is 8.97.